The van der Waals surface area contributed by atoms with Gasteiger partial charge in [-0.1, -0.05) is 48.5 Å². The van der Waals surface area contributed by atoms with E-state index in [-0.39, 0.29) is 11.8 Å². The van der Waals surface area contributed by atoms with Crippen molar-refractivity contribution in [3.05, 3.63) is 101 Å². The molecule has 1 aliphatic heterocycles. The van der Waals surface area contributed by atoms with E-state index in [0.717, 1.165) is 33.3 Å². The quantitative estimate of drug-likeness (QED) is 0.454. The predicted molar refractivity (Wildman–Crippen MR) is 132 cm³/mol. The van der Waals surface area contributed by atoms with E-state index in [9.17, 15) is 9.59 Å². The fourth-order valence-electron chi connectivity index (χ4n) is 4.66. The lowest BCUT2D eigenvalue weighted by Crippen LogP contribution is -2.37. The van der Waals surface area contributed by atoms with Crippen LogP contribution >= 0.6 is 0 Å². The maximum atomic E-state index is 13.1. The molecule has 1 aliphatic rings. The van der Waals surface area contributed by atoms with Gasteiger partial charge in [0.15, 0.2) is 11.9 Å². The summed E-state index contributed by atoms with van der Waals surface area (Å²) >= 11 is 0. The van der Waals surface area contributed by atoms with Crippen LogP contribution in [0.1, 0.15) is 44.6 Å². The van der Waals surface area contributed by atoms with E-state index in [1.165, 1.54) is 7.11 Å². The van der Waals surface area contributed by atoms with Gasteiger partial charge >= 0.3 is 0 Å². The minimum absolute atomic E-state index is 0.131. The highest BCUT2D eigenvalue weighted by Crippen LogP contribution is 2.27. The molecule has 0 fully saturated rings. The van der Waals surface area contributed by atoms with Gasteiger partial charge in [-0.2, -0.15) is 0 Å². The largest absolute Gasteiger partial charge is 0.451 e. The molecule has 2 amide bonds. The van der Waals surface area contributed by atoms with Gasteiger partial charge in [0.05, 0.1) is 0 Å². The van der Waals surface area contributed by atoms with Gasteiger partial charge in [-0.25, -0.2) is 0 Å². The Morgan fingerprint density at radius 3 is 2.69 bits per heavy atom. The number of ether oxygens (including phenoxy) is 1. The van der Waals surface area contributed by atoms with Crippen LogP contribution < -0.4 is 5.32 Å². The van der Waals surface area contributed by atoms with Gasteiger partial charge in [0, 0.05) is 44.0 Å². The van der Waals surface area contributed by atoms with Gasteiger partial charge in [-0.15, -0.1) is 0 Å². The second-order valence-electron chi connectivity index (χ2n) is 8.70. The van der Waals surface area contributed by atoms with E-state index in [1.54, 1.807) is 11.0 Å². The molecule has 5 rings (SSSR count). The molecule has 2 aromatic carbocycles. The van der Waals surface area contributed by atoms with Crippen LogP contribution in [0.25, 0.3) is 11.0 Å². The molecule has 178 valence electrons. The SMILES string of the molecule is COC(C(=O)NCc1c(C)ncc2c1CCN(C(=O)c1cc3ccccc3o1)C2)c1ccccc1. The highest BCUT2D eigenvalue weighted by Gasteiger charge is 2.27. The summed E-state index contributed by atoms with van der Waals surface area (Å²) in [6, 6.07) is 18.8. The number of pyridine rings is 1. The molecule has 1 unspecified atom stereocenters. The van der Waals surface area contributed by atoms with Crippen LogP contribution in [0.2, 0.25) is 0 Å². The summed E-state index contributed by atoms with van der Waals surface area (Å²) < 4.78 is 11.2. The number of fused-ring (bicyclic) bond motifs is 2. The summed E-state index contributed by atoms with van der Waals surface area (Å²) in [5, 5.41) is 3.93. The summed E-state index contributed by atoms with van der Waals surface area (Å²) in [4.78, 5) is 32.3. The highest BCUT2D eigenvalue weighted by atomic mass is 16.5. The minimum Gasteiger partial charge on any atom is -0.451 e. The molecule has 7 heteroatoms. The van der Waals surface area contributed by atoms with Crippen LogP contribution in [0.4, 0.5) is 0 Å². The molecule has 1 atom stereocenters. The lowest BCUT2D eigenvalue weighted by Gasteiger charge is -2.30. The third kappa shape index (κ3) is 4.55. The molecular formula is C28H27N3O4. The van der Waals surface area contributed by atoms with Crippen molar-refractivity contribution in [3.63, 3.8) is 0 Å². The molecule has 4 aromatic rings. The fourth-order valence-corrected chi connectivity index (χ4v) is 4.66. The summed E-state index contributed by atoms with van der Waals surface area (Å²) in [6.45, 7) is 3.31. The normalized spacial score (nSPS) is 13.9. The zero-order chi connectivity index (χ0) is 24.4. The van der Waals surface area contributed by atoms with Crippen molar-refractivity contribution < 1.29 is 18.7 Å². The number of methoxy groups -OCH3 is 1. The first-order chi connectivity index (χ1) is 17.0. The number of rotatable bonds is 6. The van der Waals surface area contributed by atoms with E-state index in [0.29, 0.717) is 37.4 Å². The topological polar surface area (TPSA) is 84.7 Å². The van der Waals surface area contributed by atoms with Gasteiger partial charge in [0.1, 0.15) is 5.58 Å². The Morgan fingerprint density at radius 2 is 1.91 bits per heavy atom. The summed E-state index contributed by atoms with van der Waals surface area (Å²) in [7, 11) is 1.53. The fraction of sp³-hybridized carbons (Fsp3) is 0.250. The zero-order valence-corrected chi connectivity index (χ0v) is 19.8. The number of hydrogen-bond donors (Lipinski definition) is 1. The zero-order valence-electron chi connectivity index (χ0n) is 19.8. The van der Waals surface area contributed by atoms with Crippen LogP contribution in [0, 0.1) is 6.92 Å². The third-order valence-corrected chi connectivity index (χ3v) is 6.53. The van der Waals surface area contributed by atoms with E-state index >= 15 is 0 Å². The highest BCUT2D eigenvalue weighted by molar-refractivity contribution is 5.96. The Kier molecular flexibility index (Phi) is 6.33. The Bertz CT molecular complexity index is 1350. The molecule has 0 radical (unpaired) electrons. The van der Waals surface area contributed by atoms with Crippen molar-refractivity contribution in [2.45, 2.75) is 32.5 Å². The Balaban J connectivity index is 1.31. The summed E-state index contributed by atoms with van der Waals surface area (Å²) in [5.74, 6) is 0.00926. The van der Waals surface area contributed by atoms with Crippen molar-refractivity contribution in [2.75, 3.05) is 13.7 Å². The average molecular weight is 470 g/mol. The first-order valence-electron chi connectivity index (χ1n) is 11.6. The van der Waals surface area contributed by atoms with E-state index in [1.807, 2.05) is 67.7 Å². The molecule has 35 heavy (non-hydrogen) atoms. The number of aromatic nitrogens is 1. The number of para-hydroxylation sites is 1. The van der Waals surface area contributed by atoms with E-state index in [4.69, 9.17) is 9.15 Å². The maximum Gasteiger partial charge on any atom is 0.289 e. The molecule has 0 bridgehead atoms. The summed E-state index contributed by atoms with van der Waals surface area (Å²) in [5.41, 5.74) is 5.50. The second kappa shape index (κ2) is 9.72. The smallest absolute Gasteiger partial charge is 0.289 e. The molecule has 1 N–H and O–H groups in total. The van der Waals surface area contributed by atoms with Crippen molar-refractivity contribution in [1.29, 1.82) is 0 Å². The molecule has 2 aromatic heterocycles. The number of carbonyl (C=O) groups is 2. The first-order valence-corrected chi connectivity index (χ1v) is 11.6. The van der Waals surface area contributed by atoms with Crippen molar-refractivity contribution in [3.8, 4) is 0 Å². The molecule has 7 nitrogen and oxygen atoms in total. The number of nitrogens with one attached hydrogen (secondary N) is 1. The van der Waals surface area contributed by atoms with Gasteiger partial charge in [-0.05, 0) is 47.7 Å². The van der Waals surface area contributed by atoms with Gasteiger partial charge in [-0.3, -0.25) is 14.6 Å². The monoisotopic (exact) mass is 469 g/mol. The Morgan fingerprint density at radius 1 is 1.14 bits per heavy atom. The molecule has 0 saturated carbocycles. The van der Waals surface area contributed by atoms with E-state index < -0.39 is 6.10 Å². The van der Waals surface area contributed by atoms with Crippen LogP contribution in [0.15, 0.2) is 71.3 Å². The van der Waals surface area contributed by atoms with Crippen LogP contribution in [0.5, 0.6) is 0 Å². The third-order valence-electron chi connectivity index (χ3n) is 6.53. The van der Waals surface area contributed by atoms with Crippen molar-refractivity contribution in [2.24, 2.45) is 0 Å². The number of nitrogens with zero attached hydrogens (tertiary/aromatic N) is 2. The van der Waals surface area contributed by atoms with Crippen molar-refractivity contribution in [1.82, 2.24) is 15.2 Å². The van der Waals surface area contributed by atoms with Gasteiger partial charge in [0.25, 0.3) is 11.8 Å². The molecule has 0 saturated heterocycles. The number of amides is 2. The van der Waals surface area contributed by atoms with Gasteiger partial charge < -0.3 is 19.4 Å². The maximum absolute atomic E-state index is 13.1. The number of aryl methyl sites for hydroxylation is 1. The summed E-state index contributed by atoms with van der Waals surface area (Å²) in [6.07, 6.45) is 1.83. The molecule has 0 spiro atoms. The average Bonchev–Trinajstić information content (AvgIpc) is 3.33. The van der Waals surface area contributed by atoms with E-state index in [2.05, 4.69) is 10.3 Å². The number of hydrogen-bond acceptors (Lipinski definition) is 5. The predicted octanol–water partition coefficient (Wildman–Crippen LogP) is 4.34. The number of carbonyl (C=O) groups excluding carboxylic acids is 2. The number of furan rings is 1. The second-order valence-corrected chi connectivity index (χ2v) is 8.70. The Hall–Kier alpha value is -3.97. The standard InChI is InChI=1S/C28H27N3O4/c1-18-23(16-30-27(32)26(34-2)19-8-4-3-5-9-19)22-12-13-31(17-21(22)15-29-18)28(33)25-14-20-10-6-7-11-24(20)35-25/h3-11,14-15,26H,12-13,16-17H2,1-2H3,(H,30,32). The number of benzene rings is 2. The van der Waals surface area contributed by atoms with Crippen LogP contribution in [-0.2, 0) is 29.0 Å². The lowest BCUT2D eigenvalue weighted by molar-refractivity contribution is -0.131. The molecule has 3 heterocycles. The van der Waals surface area contributed by atoms with Crippen LogP contribution in [0.3, 0.4) is 0 Å². The molecule has 0 aliphatic carbocycles. The van der Waals surface area contributed by atoms with Crippen molar-refractivity contribution >= 4 is 22.8 Å². The first kappa shape index (κ1) is 22.8. The minimum atomic E-state index is -0.680. The lowest BCUT2D eigenvalue weighted by atomic mass is 9.94. The van der Waals surface area contributed by atoms with Gasteiger partial charge in [0.2, 0.25) is 0 Å². The Labute approximate surface area is 203 Å². The molecular weight excluding hydrogens is 442 g/mol. The van der Waals surface area contributed by atoms with Crippen LogP contribution in [-0.4, -0.2) is 35.4 Å².